The minimum absolute atomic E-state index is 0.177. The van der Waals surface area contributed by atoms with E-state index in [0.29, 0.717) is 11.4 Å². The van der Waals surface area contributed by atoms with Crippen molar-refractivity contribution >= 4 is 11.6 Å². The van der Waals surface area contributed by atoms with Crippen LogP contribution in [-0.2, 0) is 6.42 Å². The van der Waals surface area contributed by atoms with Crippen molar-refractivity contribution in [3.8, 4) is 5.75 Å². The summed E-state index contributed by atoms with van der Waals surface area (Å²) < 4.78 is 5.26. The molecule has 0 saturated heterocycles. The molecule has 0 saturated carbocycles. The Balaban J connectivity index is 2.99. The first-order valence-electron chi connectivity index (χ1n) is 5.41. The fraction of sp³-hybridized carbons (Fsp3) is 0.538. The van der Waals surface area contributed by atoms with E-state index in [9.17, 15) is 5.11 Å². The summed E-state index contributed by atoms with van der Waals surface area (Å²) in [5.74, 6) is 0.946. The Morgan fingerprint density at radius 3 is 2.56 bits per heavy atom. The van der Waals surface area contributed by atoms with Crippen molar-refractivity contribution in [2.24, 2.45) is 5.92 Å². The molecular formula is C13H19ClO2. The van der Waals surface area contributed by atoms with Gasteiger partial charge in [0.2, 0.25) is 0 Å². The molecule has 0 fully saturated rings. The highest BCUT2D eigenvalue weighted by atomic mass is 35.5. The van der Waals surface area contributed by atoms with Crippen molar-refractivity contribution in [1.29, 1.82) is 0 Å². The van der Waals surface area contributed by atoms with Gasteiger partial charge in [0.25, 0.3) is 0 Å². The minimum atomic E-state index is -0.752. The van der Waals surface area contributed by atoms with Gasteiger partial charge in [-0.25, -0.2) is 0 Å². The number of hydrogen-bond acceptors (Lipinski definition) is 2. The van der Waals surface area contributed by atoms with Crippen LogP contribution in [0.4, 0.5) is 0 Å². The van der Waals surface area contributed by atoms with Crippen LogP contribution in [0.5, 0.6) is 5.75 Å². The topological polar surface area (TPSA) is 29.5 Å². The molecule has 1 atom stereocenters. The number of benzene rings is 1. The number of halogens is 1. The molecule has 1 aromatic carbocycles. The van der Waals surface area contributed by atoms with Gasteiger partial charge in [-0.2, -0.15) is 0 Å². The highest BCUT2D eigenvalue weighted by Crippen LogP contribution is 2.29. The van der Waals surface area contributed by atoms with Crippen LogP contribution in [0.2, 0.25) is 5.02 Å². The average Bonchev–Trinajstić information content (AvgIpc) is 2.17. The minimum Gasteiger partial charge on any atom is -0.496 e. The smallest absolute Gasteiger partial charge is 0.122 e. The number of rotatable bonds is 4. The highest BCUT2D eigenvalue weighted by molar-refractivity contribution is 6.30. The van der Waals surface area contributed by atoms with Crippen molar-refractivity contribution in [3.05, 3.63) is 28.8 Å². The lowest BCUT2D eigenvalue weighted by Gasteiger charge is -2.28. The molecule has 1 unspecified atom stereocenters. The summed E-state index contributed by atoms with van der Waals surface area (Å²) in [7, 11) is 1.62. The van der Waals surface area contributed by atoms with Gasteiger partial charge in [-0.05, 0) is 36.6 Å². The van der Waals surface area contributed by atoms with Crippen LogP contribution < -0.4 is 4.74 Å². The summed E-state index contributed by atoms with van der Waals surface area (Å²) in [6, 6.07) is 5.46. The Morgan fingerprint density at radius 1 is 1.44 bits per heavy atom. The van der Waals surface area contributed by atoms with Gasteiger partial charge >= 0.3 is 0 Å². The Kier molecular flexibility index (Phi) is 4.22. The van der Waals surface area contributed by atoms with Gasteiger partial charge in [-0.3, -0.25) is 0 Å². The van der Waals surface area contributed by atoms with Gasteiger partial charge < -0.3 is 9.84 Å². The summed E-state index contributed by atoms with van der Waals surface area (Å²) >= 11 is 5.95. The highest BCUT2D eigenvalue weighted by Gasteiger charge is 2.26. The van der Waals surface area contributed by atoms with E-state index < -0.39 is 5.60 Å². The Morgan fingerprint density at radius 2 is 2.06 bits per heavy atom. The molecule has 0 heterocycles. The van der Waals surface area contributed by atoms with Crippen LogP contribution in [-0.4, -0.2) is 17.8 Å². The maximum atomic E-state index is 10.3. The maximum Gasteiger partial charge on any atom is 0.122 e. The molecule has 0 radical (unpaired) electrons. The van der Waals surface area contributed by atoms with E-state index in [2.05, 4.69) is 0 Å². The molecule has 3 heteroatoms. The second-order valence-electron chi connectivity index (χ2n) is 4.64. The number of aliphatic hydroxyl groups is 1. The van der Waals surface area contributed by atoms with Crippen LogP contribution in [0, 0.1) is 5.92 Å². The van der Waals surface area contributed by atoms with Gasteiger partial charge in [0, 0.05) is 11.4 Å². The standard InChI is InChI=1S/C13H19ClO2/c1-9(2)13(3,15)8-10-7-11(14)5-6-12(10)16-4/h5-7,9,15H,8H2,1-4H3. The number of methoxy groups -OCH3 is 1. The molecule has 0 bridgehead atoms. The second kappa shape index (κ2) is 5.07. The quantitative estimate of drug-likeness (QED) is 0.878. The third-order valence-electron chi connectivity index (χ3n) is 3.03. The van der Waals surface area contributed by atoms with E-state index in [1.165, 1.54) is 0 Å². The lowest BCUT2D eigenvalue weighted by Crippen LogP contribution is -2.33. The van der Waals surface area contributed by atoms with E-state index in [-0.39, 0.29) is 5.92 Å². The molecule has 2 nitrogen and oxygen atoms in total. The van der Waals surface area contributed by atoms with Crippen molar-refractivity contribution < 1.29 is 9.84 Å². The van der Waals surface area contributed by atoms with Crippen molar-refractivity contribution in [2.75, 3.05) is 7.11 Å². The summed E-state index contributed by atoms with van der Waals surface area (Å²) in [6.45, 7) is 5.83. The molecule has 0 aromatic heterocycles. The monoisotopic (exact) mass is 242 g/mol. The molecule has 0 aliphatic rings. The van der Waals surface area contributed by atoms with Crippen molar-refractivity contribution in [2.45, 2.75) is 32.8 Å². The maximum absolute atomic E-state index is 10.3. The Bertz CT molecular complexity index is 359. The van der Waals surface area contributed by atoms with Crippen LogP contribution in [0.15, 0.2) is 18.2 Å². The lowest BCUT2D eigenvalue weighted by molar-refractivity contribution is 0.0135. The lowest BCUT2D eigenvalue weighted by atomic mass is 9.86. The van der Waals surface area contributed by atoms with Crippen LogP contribution in [0.25, 0.3) is 0 Å². The predicted molar refractivity (Wildman–Crippen MR) is 67.2 cm³/mol. The first-order chi connectivity index (χ1) is 7.36. The molecule has 0 spiro atoms. The molecule has 0 aliphatic carbocycles. The summed E-state index contributed by atoms with van der Waals surface area (Å²) in [5, 5.41) is 10.9. The average molecular weight is 243 g/mol. The van der Waals surface area contributed by atoms with Crippen molar-refractivity contribution in [1.82, 2.24) is 0 Å². The van der Waals surface area contributed by atoms with E-state index in [4.69, 9.17) is 16.3 Å². The fourth-order valence-electron chi connectivity index (χ4n) is 1.48. The largest absolute Gasteiger partial charge is 0.496 e. The van der Waals surface area contributed by atoms with E-state index >= 15 is 0 Å². The number of hydrogen-bond donors (Lipinski definition) is 1. The van der Waals surface area contributed by atoms with E-state index in [1.54, 1.807) is 13.2 Å². The molecule has 16 heavy (non-hydrogen) atoms. The van der Waals surface area contributed by atoms with E-state index in [1.807, 2.05) is 32.9 Å². The zero-order valence-electron chi connectivity index (χ0n) is 10.2. The van der Waals surface area contributed by atoms with Gasteiger partial charge in [0.1, 0.15) is 5.75 Å². The molecule has 0 aliphatic heterocycles. The summed E-state index contributed by atoms with van der Waals surface area (Å²) in [5.41, 5.74) is 0.187. The predicted octanol–water partition coefficient (Wildman–Crippen LogP) is 3.30. The Hall–Kier alpha value is -0.730. The molecule has 1 aromatic rings. The van der Waals surface area contributed by atoms with Gasteiger partial charge in [-0.15, -0.1) is 0 Å². The van der Waals surface area contributed by atoms with Crippen LogP contribution in [0.3, 0.4) is 0 Å². The first kappa shape index (κ1) is 13.3. The van der Waals surface area contributed by atoms with Gasteiger partial charge in [0.05, 0.1) is 12.7 Å². The van der Waals surface area contributed by atoms with Crippen molar-refractivity contribution in [3.63, 3.8) is 0 Å². The zero-order chi connectivity index (χ0) is 12.3. The van der Waals surface area contributed by atoms with Crippen LogP contribution in [0.1, 0.15) is 26.3 Å². The van der Waals surface area contributed by atoms with Crippen LogP contribution >= 0.6 is 11.6 Å². The second-order valence-corrected chi connectivity index (χ2v) is 5.08. The zero-order valence-corrected chi connectivity index (χ0v) is 11.0. The summed E-state index contributed by atoms with van der Waals surface area (Å²) in [6.07, 6.45) is 0.536. The molecule has 1 N–H and O–H groups in total. The molecule has 0 amide bonds. The fourth-order valence-corrected chi connectivity index (χ4v) is 1.67. The van der Waals surface area contributed by atoms with Gasteiger partial charge in [0.15, 0.2) is 0 Å². The number of ether oxygens (including phenoxy) is 1. The third kappa shape index (κ3) is 3.13. The molecule has 90 valence electrons. The normalized spacial score (nSPS) is 14.9. The van der Waals surface area contributed by atoms with E-state index in [0.717, 1.165) is 11.3 Å². The third-order valence-corrected chi connectivity index (χ3v) is 3.27. The molecule has 1 rings (SSSR count). The first-order valence-corrected chi connectivity index (χ1v) is 5.79. The Labute approximate surface area is 102 Å². The molecular weight excluding hydrogens is 224 g/mol. The van der Waals surface area contributed by atoms with Gasteiger partial charge in [-0.1, -0.05) is 25.4 Å². The summed E-state index contributed by atoms with van der Waals surface area (Å²) in [4.78, 5) is 0. The SMILES string of the molecule is COc1ccc(Cl)cc1CC(C)(O)C(C)C.